The Hall–Kier alpha value is -3.95. The number of aromatic nitrogens is 7. The van der Waals surface area contributed by atoms with Crippen LogP contribution in [0.3, 0.4) is 0 Å². The van der Waals surface area contributed by atoms with Crippen LogP contribution in [0.4, 0.5) is 0 Å². The van der Waals surface area contributed by atoms with Gasteiger partial charge in [-0.3, -0.25) is 9.78 Å². The number of benzene rings is 1. The van der Waals surface area contributed by atoms with E-state index in [2.05, 4.69) is 36.0 Å². The minimum Gasteiger partial charge on any atom is -0.341 e. The zero-order chi connectivity index (χ0) is 18.6. The summed E-state index contributed by atoms with van der Waals surface area (Å²) in [5.74, 6) is 0.509. The smallest absolute Gasteiger partial charge is 0.251 e. The lowest BCUT2D eigenvalue weighted by molar-refractivity contribution is 0.0932. The summed E-state index contributed by atoms with van der Waals surface area (Å²) in [6.45, 7) is 1.77. The first-order valence-corrected chi connectivity index (χ1v) is 8.09. The van der Waals surface area contributed by atoms with Crippen LogP contribution in [0.15, 0.2) is 59.6 Å². The van der Waals surface area contributed by atoms with E-state index in [1.54, 1.807) is 55.7 Å². The van der Waals surface area contributed by atoms with E-state index in [1.807, 2.05) is 0 Å². The van der Waals surface area contributed by atoms with E-state index in [-0.39, 0.29) is 5.91 Å². The van der Waals surface area contributed by atoms with E-state index in [4.69, 9.17) is 4.52 Å². The third-order valence-electron chi connectivity index (χ3n) is 3.84. The van der Waals surface area contributed by atoms with Gasteiger partial charge in [0, 0.05) is 23.5 Å². The van der Waals surface area contributed by atoms with Crippen molar-refractivity contribution in [2.75, 3.05) is 0 Å². The average Bonchev–Trinajstić information content (AvgIpc) is 3.41. The summed E-state index contributed by atoms with van der Waals surface area (Å²) in [6.07, 6.45) is 4.78. The largest absolute Gasteiger partial charge is 0.341 e. The number of nitrogens with zero attached hydrogens (tertiary/aromatic N) is 7. The molecule has 1 atom stereocenters. The number of rotatable bonds is 5. The third kappa shape index (κ3) is 3.54. The molecule has 10 heteroatoms. The van der Waals surface area contributed by atoms with Gasteiger partial charge in [-0.15, -0.1) is 5.10 Å². The van der Waals surface area contributed by atoms with Crippen LogP contribution in [0.5, 0.6) is 0 Å². The first-order chi connectivity index (χ1) is 13.2. The highest BCUT2D eigenvalue weighted by molar-refractivity contribution is 5.94. The molecule has 1 N–H and O–H groups in total. The summed E-state index contributed by atoms with van der Waals surface area (Å²) in [5.41, 5.74) is 2.03. The quantitative estimate of drug-likeness (QED) is 0.567. The Balaban J connectivity index is 1.44. The molecule has 0 spiro atoms. The summed E-state index contributed by atoms with van der Waals surface area (Å²) < 4.78 is 6.77. The predicted molar refractivity (Wildman–Crippen MR) is 92.6 cm³/mol. The van der Waals surface area contributed by atoms with Gasteiger partial charge >= 0.3 is 0 Å². The molecule has 4 rings (SSSR count). The maximum atomic E-state index is 12.4. The molecule has 0 unspecified atom stereocenters. The second-order valence-electron chi connectivity index (χ2n) is 5.69. The Kier molecular flexibility index (Phi) is 4.35. The summed E-state index contributed by atoms with van der Waals surface area (Å²) in [6, 6.07) is 10.0. The molecule has 134 valence electrons. The van der Waals surface area contributed by atoms with Gasteiger partial charge in [0.1, 0.15) is 12.4 Å². The molecule has 0 aliphatic heterocycles. The van der Waals surface area contributed by atoms with Gasteiger partial charge in [-0.25, -0.2) is 4.68 Å². The van der Waals surface area contributed by atoms with Crippen LogP contribution in [0, 0.1) is 0 Å². The van der Waals surface area contributed by atoms with E-state index in [0.29, 0.717) is 17.3 Å². The standard InChI is InChI=1S/C17H14N8O2/c1-11(17-21-15(22-27-17)12-6-8-18-9-7-12)20-16(26)13-2-4-14(5-3-13)25-10-19-23-24-25/h2-11H,1H3,(H,20,26)/t11-/m0/s1. The highest BCUT2D eigenvalue weighted by Gasteiger charge is 2.18. The lowest BCUT2D eigenvalue weighted by Crippen LogP contribution is -2.26. The zero-order valence-corrected chi connectivity index (χ0v) is 14.2. The Bertz CT molecular complexity index is 1030. The number of carbonyl (C=O) groups excluding carboxylic acids is 1. The van der Waals surface area contributed by atoms with Crippen molar-refractivity contribution in [2.24, 2.45) is 0 Å². The number of hydrogen-bond acceptors (Lipinski definition) is 8. The average molecular weight is 362 g/mol. The highest BCUT2D eigenvalue weighted by Crippen LogP contribution is 2.18. The van der Waals surface area contributed by atoms with Crippen LogP contribution in [-0.4, -0.2) is 41.2 Å². The van der Waals surface area contributed by atoms with Gasteiger partial charge in [-0.05, 0) is 53.7 Å². The van der Waals surface area contributed by atoms with Crippen molar-refractivity contribution in [3.8, 4) is 17.1 Å². The van der Waals surface area contributed by atoms with Crippen molar-refractivity contribution in [3.63, 3.8) is 0 Å². The van der Waals surface area contributed by atoms with Gasteiger partial charge in [0.05, 0.1) is 5.69 Å². The van der Waals surface area contributed by atoms with E-state index in [9.17, 15) is 4.79 Å². The van der Waals surface area contributed by atoms with E-state index < -0.39 is 6.04 Å². The molecule has 0 radical (unpaired) electrons. The molecule has 1 aromatic carbocycles. The second-order valence-corrected chi connectivity index (χ2v) is 5.69. The number of amides is 1. The van der Waals surface area contributed by atoms with Gasteiger partial charge in [-0.2, -0.15) is 4.98 Å². The number of carbonyl (C=O) groups is 1. The Morgan fingerprint density at radius 2 is 1.93 bits per heavy atom. The van der Waals surface area contributed by atoms with Crippen molar-refractivity contribution in [3.05, 3.63) is 66.6 Å². The Morgan fingerprint density at radius 3 is 2.63 bits per heavy atom. The fourth-order valence-corrected chi connectivity index (χ4v) is 2.42. The van der Waals surface area contributed by atoms with E-state index >= 15 is 0 Å². The van der Waals surface area contributed by atoms with Gasteiger partial charge in [0.15, 0.2) is 0 Å². The molecule has 0 bridgehead atoms. The minimum absolute atomic E-state index is 0.255. The van der Waals surface area contributed by atoms with E-state index in [0.717, 1.165) is 11.3 Å². The fraction of sp³-hybridized carbons (Fsp3) is 0.118. The Morgan fingerprint density at radius 1 is 1.15 bits per heavy atom. The lowest BCUT2D eigenvalue weighted by Gasteiger charge is -2.10. The molecule has 0 saturated carbocycles. The molecule has 0 saturated heterocycles. The van der Waals surface area contributed by atoms with Crippen LogP contribution < -0.4 is 5.32 Å². The number of hydrogen-bond donors (Lipinski definition) is 1. The zero-order valence-electron chi connectivity index (χ0n) is 14.2. The molecule has 4 aromatic rings. The molecule has 0 fully saturated rings. The van der Waals surface area contributed by atoms with Gasteiger partial charge in [0.25, 0.3) is 5.91 Å². The van der Waals surface area contributed by atoms with Crippen molar-refractivity contribution >= 4 is 5.91 Å². The van der Waals surface area contributed by atoms with Crippen molar-refractivity contribution in [2.45, 2.75) is 13.0 Å². The molecule has 1 amide bonds. The van der Waals surface area contributed by atoms with Crippen LogP contribution in [-0.2, 0) is 0 Å². The number of nitrogens with one attached hydrogen (secondary N) is 1. The molecule has 3 aromatic heterocycles. The molecule has 3 heterocycles. The van der Waals surface area contributed by atoms with Crippen LogP contribution in [0.2, 0.25) is 0 Å². The van der Waals surface area contributed by atoms with Crippen molar-refractivity contribution < 1.29 is 9.32 Å². The van der Waals surface area contributed by atoms with Gasteiger partial charge in [0.2, 0.25) is 11.7 Å². The SMILES string of the molecule is C[C@H](NC(=O)c1ccc(-n2cnnn2)cc1)c1nc(-c2ccncc2)no1. The van der Waals surface area contributed by atoms with Crippen molar-refractivity contribution in [1.29, 1.82) is 0 Å². The maximum Gasteiger partial charge on any atom is 0.251 e. The lowest BCUT2D eigenvalue weighted by atomic mass is 10.2. The molecule has 0 aliphatic rings. The fourth-order valence-electron chi connectivity index (χ4n) is 2.42. The maximum absolute atomic E-state index is 12.4. The normalized spacial score (nSPS) is 11.9. The van der Waals surface area contributed by atoms with Crippen LogP contribution in [0.25, 0.3) is 17.1 Å². The van der Waals surface area contributed by atoms with Crippen LogP contribution in [0.1, 0.15) is 29.2 Å². The number of tetrazole rings is 1. The van der Waals surface area contributed by atoms with Gasteiger partial charge in [-0.1, -0.05) is 5.16 Å². The van der Waals surface area contributed by atoms with Crippen LogP contribution >= 0.6 is 0 Å². The predicted octanol–water partition coefficient (Wildman–Crippen LogP) is 1.60. The third-order valence-corrected chi connectivity index (χ3v) is 3.84. The highest BCUT2D eigenvalue weighted by atomic mass is 16.5. The van der Waals surface area contributed by atoms with E-state index in [1.165, 1.54) is 11.0 Å². The minimum atomic E-state index is -0.445. The molecular formula is C17H14N8O2. The summed E-state index contributed by atoms with van der Waals surface area (Å²) >= 11 is 0. The number of pyridine rings is 1. The van der Waals surface area contributed by atoms with Gasteiger partial charge < -0.3 is 9.84 Å². The first kappa shape index (κ1) is 16.5. The monoisotopic (exact) mass is 362 g/mol. The molecule has 27 heavy (non-hydrogen) atoms. The summed E-state index contributed by atoms with van der Waals surface area (Å²) in [7, 11) is 0. The summed E-state index contributed by atoms with van der Waals surface area (Å²) in [4.78, 5) is 20.7. The second kappa shape index (κ2) is 7.12. The summed E-state index contributed by atoms with van der Waals surface area (Å²) in [5, 5.41) is 17.7. The molecular weight excluding hydrogens is 348 g/mol. The Labute approximate surface area is 153 Å². The first-order valence-electron chi connectivity index (χ1n) is 8.09. The topological polar surface area (TPSA) is 125 Å². The molecule has 0 aliphatic carbocycles. The van der Waals surface area contributed by atoms with Crippen molar-refractivity contribution in [1.82, 2.24) is 40.6 Å². The molecule has 10 nitrogen and oxygen atoms in total.